The summed E-state index contributed by atoms with van der Waals surface area (Å²) in [6, 6.07) is 9.06. The lowest BCUT2D eigenvalue weighted by molar-refractivity contribution is 0.158. The van der Waals surface area contributed by atoms with E-state index in [4.69, 9.17) is 4.74 Å². The van der Waals surface area contributed by atoms with Gasteiger partial charge in [0.1, 0.15) is 5.75 Å². The average molecular weight is 288 g/mol. The van der Waals surface area contributed by atoms with Gasteiger partial charge in [-0.25, -0.2) is 0 Å². The number of rotatable bonds is 3. The van der Waals surface area contributed by atoms with E-state index in [9.17, 15) is 0 Å². The number of hydrogen-bond donors (Lipinski definition) is 1. The Balaban J connectivity index is 1.78. The molecule has 0 radical (unpaired) electrons. The molecule has 1 heterocycles. The third-order valence-electron chi connectivity index (χ3n) is 5.32. The number of benzene rings is 1. The fourth-order valence-corrected chi connectivity index (χ4v) is 3.98. The highest BCUT2D eigenvalue weighted by Gasteiger charge is 2.38. The van der Waals surface area contributed by atoms with Gasteiger partial charge in [-0.05, 0) is 38.8 Å². The van der Waals surface area contributed by atoms with Crippen molar-refractivity contribution >= 4 is 0 Å². The van der Waals surface area contributed by atoms with Crippen LogP contribution < -0.4 is 10.1 Å². The van der Waals surface area contributed by atoms with Crippen LogP contribution in [0.5, 0.6) is 5.75 Å². The minimum atomic E-state index is 0.368. The van der Waals surface area contributed by atoms with Crippen molar-refractivity contribution in [2.45, 2.75) is 57.2 Å². The Morgan fingerprint density at radius 3 is 2.81 bits per heavy atom. The Kier molecular flexibility index (Phi) is 4.51. The van der Waals surface area contributed by atoms with Gasteiger partial charge < -0.3 is 10.1 Å². The molecule has 0 amide bonds. The lowest BCUT2D eigenvalue weighted by Gasteiger charge is -2.35. The Morgan fingerprint density at radius 1 is 1.29 bits per heavy atom. The van der Waals surface area contributed by atoms with Crippen LogP contribution in [0, 0.1) is 0 Å². The van der Waals surface area contributed by atoms with Gasteiger partial charge in [0.15, 0.2) is 0 Å². The van der Waals surface area contributed by atoms with E-state index in [1.165, 1.54) is 44.2 Å². The summed E-state index contributed by atoms with van der Waals surface area (Å²) in [5, 5.41) is 3.86. The zero-order valence-electron chi connectivity index (χ0n) is 13.4. The molecule has 3 rings (SSSR count). The van der Waals surface area contributed by atoms with Crippen molar-refractivity contribution in [1.29, 1.82) is 0 Å². The molecule has 1 saturated carbocycles. The van der Waals surface area contributed by atoms with Crippen LogP contribution in [0.15, 0.2) is 24.3 Å². The van der Waals surface area contributed by atoms with Crippen LogP contribution >= 0.6 is 0 Å². The van der Waals surface area contributed by atoms with E-state index in [1.807, 2.05) is 6.07 Å². The lowest BCUT2D eigenvalue weighted by atomic mass is 9.96. The number of ether oxygens (including phenoxy) is 1. The van der Waals surface area contributed by atoms with Gasteiger partial charge in [0.25, 0.3) is 0 Å². The Hall–Kier alpha value is -1.06. The Labute approximate surface area is 128 Å². The van der Waals surface area contributed by atoms with E-state index >= 15 is 0 Å². The summed E-state index contributed by atoms with van der Waals surface area (Å²) < 4.78 is 5.53. The molecule has 1 aliphatic carbocycles. The molecule has 2 fully saturated rings. The van der Waals surface area contributed by atoms with E-state index in [0.29, 0.717) is 11.6 Å². The first-order valence-electron chi connectivity index (χ1n) is 8.33. The average Bonchev–Trinajstić information content (AvgIpc) is 2.89. The predicted molar refractivity (Wildman–Crippen MR) is 86.7 cm³/mol. The summed E-state index contributed by atoms with van der Waals surface area (Å²) in [5.41, 5.74) is 1.68. The maximum absolute atomic E-state index is 5.53. The van der Waals surface area contributed by atoms with Crippen molar-refractivity contribution in [3.63, 3.8) is 0 Å². The fraction of sp³-hybridized carbons (Fsp3) is 0.667. The maximum atomic E-state index is 5.53. The van der Waals surface area contributed by atoms with Crippen molar-refractivity contribution in [2.75, 3.05) is 20.2 Å². The molecule has 1 aromatic carbocycles. The summed E-state index contributed by atoms with van der Waals surface area (Å²) in [4.78, 5) is 2.66. The van der Waals surface area contributed by atoms with Crippen LogP contribution in [0.4, 0.5) is 0 Å². The van der Waals surface area contributed by atoms with Gasteiger partial charge in [-0.1, -0.05) is 31.0 Å². The molecule has 1 atom stereocenters. The Morgan fingerprint density at radius 2 is 2.05 bits per heavy atom. The number of para-hydroxylation sites is 1. The second-order valence-corrected chi connectivity index (χ2v) is 6.77. The predicted octanol–water partition coefficient (Wildman–Crippen LogP) is 3.19. The molecule has 21 heavy (non-hydrogen) atoms. The molecular weight excluding hydrogens is 260 g/mol. The fourth-order valence-electron chi connectivity index (χ4n) is 3.98. The van der Waals surface area contributed by atoms with Crippen molar-refractivity contribution in [1.82, 2.24) is 10.2 Å². The minimum Gasteiger partial charge on any atom is -0.496 e. The number of hydrogen-bond acceptors (Lipinski definition) is 3. The summed E-state index contributed by atoms with van der Waals surface area (Å²) >= 11 is 0. The van der Waals surface area contributed by atoms with Gasteiger partial charge in [-0.15, -0.1) is 0 Å². The highest BCUT2D eigenvalue weighted by Crippen LogP contribution is 2.33. The third kappa shape index (κ3) is 3.24. The highest BCUT2D eigenvalue weighted by molar-refractivity contribution is 5.33. The SMILES string of the molecule is COc1ccccc1CN1CC2(CCCC2)NCCC1C. The van der Waals surface area contributed by atoms with E-state index in [-0.39, 0.29) is 0 Å². The molecule has 1 unspecified atom stereocenters. The zero-order chi connectivity index (χ0) is 14.7. The normalized spacial score (nSPS) is 25.9. The zero-order valence-corrected chi connectivity index (χ0v) is 13.4. The largest absolute Gasteiger partial charge is 0.496 e. The molecule has 0 aromatic heterocycles. The molecule has 1 aromatic rings. The minimum absolute atomic E-state index is 0.368. The molecular formula is C18H28N2O. The Bertz CT molecular complexity index is 468. The topological polar surface area (TPSA) is 24.5 Å². The lowest BCUT2D eigenvalue weighted by Crippen LogP contribution is -2.49. The summed E-state index contributed by atoms with van der Waals surface area (Å²) in [5.74, 6) is 1.02. The molecule has 116 valence electrons. The van der Waals surface area contributed by atoms with Crippen LogP contribution in [0.2, 0.25) is 0 Å². The van der Waals surface area contributed by atoms with Crippen molar-refractivity contribution < 1.29 is 4.74 Å². The van der Waals surface area contributed by atoms with Gasteiger partial charge in [0.05, 0.1) is 7.11 Å². The molecule has 1 spiro atoms. The van der Waals surface area contributed by atoms with Crippen LogP contribution in [0.25, 0.3) is 0 Å². The van der Waals surface area contributed by atoms with Gasteiger partial charge in [-0.3, -0.25) is 4.90 Å². The second-order valence-electron chi connectivity index (χ2n) is 6.77. The van der Waals surface area contributed by atoms with E-state index in [1.54, 1.807) is 7.11 Å². The molecule has 3 nitrogen and oxygen atoms in total. The van der Waals surface area contributed by atoms with E-state index in [0.717, 1.165) is 18.8 Å². The molecule has 1 N–H and O–H groups in total. The van der Waals surface area contributed by atoms with Crippen LogP contribution in [0.1, 0.15) is 44.6 Å². The maximum Gasteiger partial charge on any atom is 0.123 e. The van der Waals surface area contributed by atoms with Crippen LogP contribution in [0.3, 0.4) is 0 Å². The quantitative estimate of drug-likeness (QED) is 0.924. The highest BCUT2D eigenvalue weighted by atomic mass is 16.5. The smallest absolute Gasteiger partial charge is 0.123 e. The van der Waals surface area contributed by atoms with Gasteiger partial charge >= 0.3 is 0 Å². The van der Waals surface area contributed by atoms with Gasteiger partial charge in [0, 0.05) is 30.2 Å². The number of nitrogens with zero attached hydrogens (tertiary/aromatic N) is 1. The van der Waals surface area contributed by atoms with Gasteiger partial charge in [0.2, 0.25) is 0 Å². The molecule has 0 bridgehead atoms. The first-order chi connectivity index (χ1) is 10.2. The van der Waals surface area contributed by atoms with Crippen molar-refractivity contribution in [2.24, 2.45) is 0 Å². The third-order valence-corrected chi connectivity index (χ3v) is 5.32. The van der Waals surface area contributed by atoms with Crippen LogP contribution in [-0.2, 0) is 6.54 Å². The monoisotopic (exact) mass is 288 g/mol. The van der Waals surface area contributed by atoms with Gasteiger partial charge in [-0.2, -0.15) is 0 Å². The first-order valence-corrected chi connectivity index (χ1v) is 8.33. The van der Waals surface area contributed by atoms with Crippen molar-refractivity contribution in [3.05, 3.63) is 29.8 Å². The molecule has 1 aliphatic heterocycles. The summed E-state index contributed by atoms with van der Waals surface area (Å²) in [6.45, 7) is 5.69. The summed E-state index contributed by atoms with van der Waals surface area (Å²) in [6.07, 6.45) is 6.66. The first kappa shape index (κ1) is 14.9. The number of methoxy groups -OCH3 is 1. The molecule has 1 saturated heterocycles. The second kappa shape index (κ2) is 6.37. The standard InChI is InChI=1S/C18H28N2O/c1-15-9-12-19-18(10-5-6-11-18)14-20(15)13-16-7-3-4-8-17(16)21-2/h3-4,7-8,15,19H,5-6,9-14H2,1-2H3. The van der Waals surface area contributed by atoms with Crippen LogP contribution in [-0.4, -0.2) is 36.7 Å². The molecule has 3 heteroatoms. The van der Waals surface area contributed by atoms with E-state index < -0.39 is 0 Å². The number of nitrogens with one attached hydrogen (secondary N) is 1. The molecule has 2 aliphatic rings. The van der Waals surface area contributed by atoms with E-state index in [2.05, 4.69) is 35.3 Å². The van der Waals surface area contributed by atoms with Crippen molar-refractivity contribution in [3.8, 4) is 5.75 Å². The summed E-state index contributed by atoms with van der Waals surface area (Å²) in [7, 11) is 1.77.